The molecule has 0 amide bonds. The van der Waals surface area contributed by atoms with Crippen LogP contribution in [-0.4, -0.2) is 9.13 Å². The molecule has 0 atom stereocenters. The smallest absolute Gasteiger partial charge is 0.0547 e. The summed E-state index contributed by atoms with van der Waals surface area (Å²) < 4.78 is 4.82. The van der Waals surface area contributed by atoms with Crippen molar-refractivity contribution >= 4 is 54.4 Å². The predicted molar refractivity (Wildman–Crippen MR) is 178 cm³/mol. The van der Waals surface area contributed by atoms with Crippen LogP contribution in [0.25, 0.3) is 76.9 Å². The van der Waals surface area contributed by atoms with Crippen molar-refractivity contribution < 1.29 is 0 Å². The fourth-order valence-electron chi connectivity index (χ4n) is 6.92. The van der Waals surface area contributed by atoms with Gasteiger partial charge in [-0.3, -0.25) is 0 Å². The molecule has 0 unspecified atom stereocenters. The molecule has 2 heterocycles. The second kappa shape index (κ2) is 8.95. The van der Waals surface area contributed by atoms with Gasteiger partial charge in [-0.15, -0.1) is 0 Å². The molecule has 0 aliphatic carbocycles. The van der Waals surface area contributed by atoms with Crippen molar-refractivity contribution in [3.63, 3.8) is 0 Å². The zero-order valence-corrected chi connectivity index (χ0v) is 22.9. The number of rotatable bonds is 3. The lowest BCUT2D eigenvalue weighted by Gasteiger charge is -2.12. The minimum atomic E-state index is 1.18. The lowest BCUT2D eigenvalue weighted by molar-refractivity contribution is 1.18. The number of nitrogens with zero attached hydrogens (tertiary/aromatic N) is 2. The van der Waals surface area contributed by atoms with Gasteiger partial charge < -0.3 is 9.13 Å². The summed E-state index contributed by atoms with van der Waals surface area (Å²) in [7, 11) is 0. The summed E-state index contributed by atoms with van der Waals surface area (Å²) in [6, 6.07) is 57.2. The van der Waals surface area contributed by atoms with Crippen molar-refractivity contribution in [2.24, 2.45) is 0 Å². The van der Waals surface area contributed by atoms with Crippen molar-refractivity contribution in [2.75, 3.05) is 0 Å². The molecule has 0 radical (unpaired) electrons. The Hall–Kier alpha value is -5.60. The summed E-state index contributed by atoms with van der Waals surface area (Å²) in [4.78, 5) is 0. The van der Waals surface area contributed by atoms with Crippen LogP contribution in [0.4, 0.5) is 0 Å². The van der Waals surface area contributed by atoms with Gasteiger partial charge in [-0.2, -0.15) is 0 Å². The van der Waals surface area contributed by atoms with Gasteiger partial charge in [-0.1, -0.05) is 109 Å². The van der Waals surface area contributed by atoms with Gasteiger partial charge in [-0.05, 0) is 65.0 Å². The van der Waals surface area contributed by atoms with E-state index in [1.54, 1.807) is 0 Å². The Bertz CT molecular complexity index is 2450. The van der Waals surface area contributed by atoms with Crippen LogP contribution in [0.2, 0.25) is 0 Å². The summed E-state index contributed by atoms with van der Waals surface area (Å²) in [6.07, 6.45) is 0. The maximum atomic E-state index is 2.43. The average molecular weight is 535 g/mol. The van der Waals surface area contributed by atoms with Gasteiger partial charge >= 0.3 is 0 Å². The molecule has 42 heavy (non-hydrogen) atoms. The molecular formula is C40H26N2. The lowest BCUT2D eigenvalue weighted by atomic mass is 9.98. The van der Waals surface area contributed by atoms with Crippen LogP contribution in [0.3, 0.4) is 0 Å². The molecule has 0 aliphatic rings. The minimum absolute atomic E-state index is 1.18. The molecule has 0 fully saturated rings. The van der Waals surface area contributed by atoms with E-state index < -0.39 is 0 Å². The summed E-state index contributed by atoms with van der Waals surface area (Å²) in [6.45, 7) is 0. The summed E-state index contributed by atoms with van der Waals surface area (Å²) in [5.41, 5.74) is 9.75. The van der Waals surface area contributed by atoms with Crippen molar-refractivity contribution in [2.45, 2.75) is 0 Å². The fourth-order valence-corrected chi connectivity index (χ4v) is 6.92. The van der Waals surface area contributed by atoms with Gasteiger partial charge in [0.2, 0.25) is 0 Å². The lowest BCUT2D eigenvalue weighted by Crippen LogP contribution is -1.95. The Balaban J connectivity index is 1.34. The Kier molecular flexibility index (Phi) is 4.93. The molecule has 0 N–H and O–H groups in total. The van der Waals surface area contributed by atoms with E-state index in [0.717, 1.165) is 0 Å². The van der Waals surface area contributed by atoms with Crippen molar-refractivity contribution in [3.8, 4) is 22.5 Å². The van der Waals surface area contributed by atoms with Gasteiger partial charge in [0.05, 0.1) is 27.8 Å². The van der Waals surface area contributed by atoms with E-state index in [4.69, 9.17) is 0 Å². The quantitative estimate of drug-likeness (QED) is 0.213. The number of hydrogen-bond acceptors (Lipinski definition) is 0. The average Bonchev–Trinajstić information content (AvgIpc) is 3.57. The molecule has 0 aliphatic heterocycles. The van der Waals surface area contributed by atoms with Crippen molar-refractivity contribution in [1.29, 1.82) is 0 Å². The molecule has 0 bridgehead atoms. The van der Waals surface area contributed by atoms with E-state index in [1.165, 1.54) is 76.9 Å². The minimum Gasteiger partial charge on any atom is -0.309 e. The monoisotopic (exact) mass is 534 g/mol. The molecule has 2 aromatic heterocycles. The van der Waals surface area contributed by atoms with Crippen molar-refractivity contribution in [3.05, 3.63) is 158 Å². The first-order chi connectivity index (χ1) is 20.9. The Morgan fingerprint density at radius 3 is 1.83 bits per heavy atom. The number of aromatic nitrogens is 2. The molecule has 0 spiro atoms. The first-order valence-electron chi connectivity index (χ1n) is 14.5. The molecule has 2 heteroatoms. The van der Waals surface area contributed by atoms with E-state index in [2.05, 4.69) is 167 Å². The second-order valence-electron chi connectivity index (χ2n) is 11.0. The largest absolute Gasteiger partial charge is 0.309 e. The number of benzene rings is 7. The third-order valence-electron chi connectivity index (χ3n) is 8.70. The van der Waals surface area contributed by atoms with Crippen LogP contribution in [0, 0.1) is 0 Å². The summed E-state index contributed by atoms with van der Waals surface area (Å²) >= 11 is 0. The standard InChI is InChI=1S/C40H26N2/c1-2-14-29(15-3-1)41-37-21-9-7-18-33(37)40-31(19-11-23-39(40)41)28-24-25-38-34(26-28)32-17-6-8-20-36(32)42(38)35-22-10-13-27-12-4-5-16-30(27)35/h1-26H. The maximum absolute atomic E-state index is 2.43. The van der Waals surface area contributed by atoms with Crippen LogP contribution in [0.15, 0.2) is 158 Å². The summed E-state index contributed by atoms with van der Waals surface area (Å²) in [5.74, 6) is 0. The van der Waals surface area contributed by atoms with Gasteiger partial charge in [0.15, 0.2) is 0 Å². The van der Waals surface area contributed by atoms with Crippen LogP contribution >= 0.6 is 0 Å². The first-order valence-corrected chi connectivity index (χ1v) is 14.5. The molecule has 7 aromatic carbocycles. The zero-order chi connectivity index (χ0) is 27.6. The highest BCUT2D eigenvalue weighted by atomic mass is 15.0. The predicted octanol–water partition coefficient (Wildman–Crippen LogP) is 10.7. The van der Waals surface area contributed by atoms with Crippen molar-refractivity contribution in [1.82, 2.24) is 9.13 Å². The zero-order valence-electron chi connectivity index (χ0n) is 22.9. The van der Waals surface area contributed by atoms with E-state index in [9.17, 15) is 0 Å². The number of para-hydroxylation sites is 3. The topological polar surface area (TPSA) is 9.86 Å². The molecule has 0 saturated heterocycles. The first kappa shape index (κ1) is 23.1. The van der Waals surface area contributed by atoms with Gasteiger partial charge in [-0.25, -0.2) is 0 Å². The number of fused-ring (bicyclic) bond motifs is 7. The summed E-state index contributed by atoms with van der Waals surface area (Å²) in [5, 5.41) is 7.59. The normalized spacial score (nSPS) is 11.8. The highest BCUT2D eigenvalue weighted by molar-refractivity contribution is 6.17. The Labute approximate surface area is 243 Å². The SMILES string of the molecule is c1ccc(-n2c3ccccc3c3c(-c4ccc5c(c4)c4ccccc4n5-c4cccc5ccccc45)cccc32)cc1. The third kappa shape index (κ3) is 3.27. The van der Waals surface area contributed by atoms with Crippen LogP contribution in [-0.2, 0) is 0 Å². The molecule has 0 saturated carbocycles. The fraction of sp³-hybridized carbons (Fsp3) is 0. The van der Waals surface area contributed by atoms with Crippen LogP contribution in [0.5, 0.6) is 0 Å². The molecule has 9 rings (SSSR count). The second-order valence-corrected chi connectivity index (χ2v) is 11.0. The van der Waals surface area contributed by atoms with Crippen LogP contribution < -0.4 is 0 Å². The number of hydrogen-bond donors (Lipinski definition) is 0. The van der Waals surface area contributed by atoms with E-state index in [-0.39, 0.29) is 0 Å². The van der Waals surface area contributed by atoms with Gasteiger partial charge in [0, 0.05) is 32.6 Å². The maximum Gasteiger partial charge on any atom is 0.0547 e. The van der Waals surface area contributed by atoms with E-state index in [1.807, 2.05) is 0 Å². The highest BCUT2D eigenvalue weighted by Gasteiger charge is 2.18. The van der Waals surface area contributed by atoms with Crippen LogP contribution in [0.1, 0.15) is 0 Å². The molecule has 9 aromatic rings. The Morgan fingerprint density at radius 1 is 0.357 bits per heavy atom. The molecule has 196 valence electrons. The van der Waals surface area contributed by atoms with E-state index >= 15 is 0 Å². The molecular weight excluding hydrogens is 508 g/mol. The molecule has 2 nitrogen and oxygen atoms in total. The Morgan fingerprint density at radius 2 is 0.976 bits per heavy atom. The van der Waals surface area contributed by atoms with Gasteiger partial charge in [0.1, 0.15) is 0 Å². The highest BCUT2D eigenvalue weighted by Crippen LogP contribution is 2.41. The van der Waals surface area contributed by atoms with Gasteiger partial charge in [0.25, 0.3) is 0 Å². The van der Waals surface area contributed by atoms with E-state index in [0.29, 0.717) is 0 Å². The third-order valence-corrected chi connectivity index (χ3v) is 8.70.